The lowest BCUT2D eigenvalue weighted by Gasteiger charge is -2.28. The van der Waals surface area contributed by atoms with Gasteiger partial charge in [0.15, 0.2) is 11.9 Å². The van der Waals surface area contributed by atoms with Crippen molar-refractivity contribution in [2.45, 2.75) is 37.8 Å². The molecule has 0 saturated carbocycles. The van der Waals surface area contributed by atoms with Crippen LogP contribution in [0.3, 0.4) is 0 Å². The Labute approximate surface area is 180 Å². The molecule has 11 heteroatoms. The minimum Gasteiger partial charge on any atom is -0.364 e. The van der Waals surface area contributed by atoms with E-state index < -0.39 is 23.8 Å². The van der Waals surface area contributed by atoms with Gasteiger partial charge in [-0.2, -0.15) is 4.79 Å². The smallest absolute Gasteiger partial charge is 0.269 e. The van der Waals surface area contributed by atoms with Gasteiger partial charge in [-0.25, -0.2) is 4.39 Å². The maximum Gasteiger partial charge on any atom is 0.269 e. The summed E-state index contributed by atoms with van der Waals surface area (Å²) in [4.78, 5) is 30.6. The molecule has 3 N–H and O–H groups in total. The third kappa shape index (κ3) is 3.19. The predicted octanol–water partition coefficient (Wildman–Crippen LogP) is 1.64. The number of amides is 2. The molecule has 2 aliphatic rings. The van der Waals surface area contributed by atoms with Crippen LogP contribution in [-0.2, 0) is 9.53 Å². The molecular weight excluding hydrogens is 427 g/mol. The van der Waals surface area contributed by atoms with Crippen LogP contribution in [0.2, 0.25) is 5.02 Å². The monoisotopic (exact) mass is 444 g/mol. The predicted molar refractivity (Wildman–Crippen MR) is 109 cm³/mol. The van der Waals surface area contributed by atoms with Gasteiger partial charge in [-0.15, -0.1) is 5.10 Å². The zero-order valence-corrected chi connectivity index (χ0v) is 17.1. The zero-order chi connectivity index (χ0) is 21.9. The number of ether oxygens (including phenoxy) is 1. The number of fused-ring (bicyclic) bond motifs is 2. The van der Waals surface area contributed by atoms with Gasteiger partial charge in [0.05, 0.1) is 17.3 Å². The van der Waals surface area contributed by atoms with E-state index >= 15 is 0 Å². The van der Waals surface area contributed by atoms with Crippen molar-refractivity contribution in [3.63, 3.8) is 0 Å². The van der Waals surface area contributed by atoms with Crippen molar-refractivity contribution in [3.8, 4) is 0 Å². The molecule has 4 heterocycles. The normalized spacial score (nSPS) is 22.9. The van der Waals surface area contributed by atoms with Crippen LogP contribution in [0.5, 0.6) is 0 Å². The lowest BCUT2D eigenvalue weighted by atomic mass is 10.1. The Bertz CT molecular complexity index is 1220. The number of hydrogen-bond acceptors (Lipinski definition) is 6. The van der Waals surface area contributed by atoms with Gasteiger partial charge in [-0.05, 0) is 19.1 Å². The third-order valence-corrected chi connectivity index (χ3v) is 5.91. The van der Waals surface area contributed by atoms with Gasteiger partial charge in [-0.3, -0.25) is 19.6 Å². The Balaban J connectivity index is 1.46. The second-order valence-electron chi connectivity index (χ2n) is 7.57. The van der Waals surface area contributed by atoms with E-state index in [-0.39, 0.29) is 34.5 Å². The molecule has 160 valence electrons. The van der Waals surface area contributed by atoms with Gasteiger partial charge in [0.2, 0.25) is 5.91 Å². The fourth-order valence-corrected chi connectivity index (χ4v) is 4.24. The van der Waals surface area contributed by atoms with Crippen molar-refractivity contribution in [2.75, 3.05) is 5.01 Å². The average Bonchev–Trinajstić information content (AvgIpc) is 3.24. The molecule has 2 amide bonds. The summed E-state index contributed by atoms with van der Waals surface area (Å²) < 4.78 is 20.0. The Hall–Kier alpha value is -3.24. The highest BCUT2D eigenvalue weighted by molar-refractivity contribution is 6.30. The molecule has 0 radical (unpaired) electrons. The Kier molecular flexibility index (Phi) is 4.56. The summed E-state index contributed by atoms with van der Waals surface area (Å²) in [6, 6.07) is 5.04. The maximum absolute atomic E-state index is 14.4. The molecule has 0 aliphatic carbocycles. The zero-order valence-electron chi connectivity index (χ0n) is 16.3. The van der Waals surface area contributed by atoms with Gasteiger partial charge in [-0.1, -0.05) is 23.7 Å². The topological polar surface area (TPSA) is 119 Å². The van der Waals surface area contributed by atoms with Crippen LogP contribution in [0.4, 0.5) is 4.39 Å². The number of halogens is 2. The SMILES string of the molecule is C[C@H](NC(=O)[C@@H]1C[C@H]2O[C@H]2N1n1nc(C(N)=O)c2ccncc21)c1cccc(Cl)c1F. The largest absolute Gasteiger partial charge is 0.364 e. The number of hydrogen-bond donors (Lipinski definition) is 2. The van der Waals surface area contributed by atoms with Crippen LogP contribution in [-0.4, -0.2) is 45.1 Å². The molecule has 5 rings (SSSR count). The fraction of sp³-hybridized carbons (Fsp3) is 0.300. The second kappa shape index (κ2) is 7.17. The first-order valence-electron chi connectivity index (χ1n) is 9.67. The number of carbonyl (C=O) groups is 2. The first-order valence-corrected chi connectivity index (χ1v) is 10.1. The summed E-state index contributed by atoms with van der Waals surface area (Å²) in [6.07, 6.45) is 3.00. The number of benzene rings is 1. The van der Waals surface area contributed by atoms with E-state index in [1.807, 2.05) is 0 Å². The summed E-state index contributed by atoms with van der Waals surface area (Å²) in [5.74, 6) is -1.58. The molecular formula is C20H18ClFN6O3. The standard InChI is InChI=1S/C20H18ClFN6O3/c1-9(10-3-2-4-12(21)16(10)22)25-19(30)13-7-15-20(31-15)27(13)28-14-8-24-6-5-11(14)17(26-28)18(23)29/h2-6,8-9,13,15,20H,7H2,1H3,(H2,23,29)(H,25,30)/t9-,13-,15+,20+/m0/s1. The lowest BCUT2D eigenvalue weighted by Crippen LogP contribution is -2.51. The molecule has 2 fully saturated rings. The Morgan fingerprint density at radius 1 is 1.39 bits per heavy atom. The van der Waals surface area contributed by atoms with Crippen molar-refractivity contribution >= 4 is 34.3 Å². The number of carbonyl (C=O) groups excluding carboxylic acids is 2. The highest BCUT2D eigenvalue weighted by atomic mass is 35.5. The summed E-state index contributed by atoms with van der Waals surface area (Å²) in [7, 11) is 0. The number of aromatic nitrogens is 3. The number of rotatable bonds is 5. The molecule has 9 nitrogen and oxygen atoms in total. The highest BCUT2D eigenvalue weighted by Crippen LogP contribution is 2.40. The molecule has 2 aliphatic heterocycles. The first-order chi connectivity index (χ1) is 14.9. The molecule has 1 aromatic carbocycles. The van der Waals surface area contributed by atoms with Crippen molar-refractivity contribution in [3.05, 3.63) is 58.8 Å². The first kappa shape index (κ1) is 19.7. The van der Waals surface area contributed by atoms with Crippen LogP contribution in [0.15, 0.2) is 36.7 Å². The molecule has 31 heavy (non-hydrogen) atoms. The van der Waals surface area contributed by atoms with Gasteiger partial charge < -0.3 is 15.8 Å². The summed E-state index contributed by atoms with van der Waals surface area (Å²) in [5, 5.41) is 9.36. The van der Waals surface area contributed by atoms with Crippen LogP contribution in [0.1, 0.15) is 35.4 Å². The second-order valence-corrected chi connectivity index (χ2v) is 7.97. The summed E-state index contributed by atoms with van der Waals surface area (Å²) in [6.45, 7) is 1.68. The average molecular weight is 445 g/mol. The summed E-state index contributed by atoms with van der Waals surface area (Å²) in [5.41, 5.74) is 6.37. The van der Waals surface area contributed by atoms with E-state index in [4.69, 9.17) is 22.1 Å². The van der Waals surface area contributed by atoms with Gasteiger partial charge >= 0.3 is 0 Å². The highest BCUT2D eigenvalue weighted by Gasteiger charge is 2.58. The van der Waals surface area contributed by atoms with Crippen molar-refractivity contribution in [2.24, 2.45) is 5.73 Å². The molecule has 4 atom stereocenters. The summed E-state index contributed by atoms with van der Waals surface area (Å²) >= 11 is 5.87. The number of nitrogens with zero attached hydrogens (tertiary/aromatic N) is 4. The van der Waals surface area contributed by atoms with Crippen molar-refractivity contribution in [1.82, 2.24) is 20.2 Å². The minimum absolute atomic E-state index is 0.00905. The molecule has 0 unspecified atom stereocenters. The van der Waals surface area contributed by atoms with Crippen LogP contribution in [0, 0.1) is 5.82 Å². The van der Waals surface area contributed by atoms with Crippen molar-refractivity contribution in [1.29, 1.82) is 0 Å². The van der Waals surface area contributed by atoms with E-state index in [0.717, 1.165) is 0 Å². The van der Waals surface area contributed by atoms with E-state index in [9.17, 15) is 14.0 Å². The lowest BCUT2D eigenvalue weighted by molar-refractivity contribution is -0.123. The maximum atomic E-state index is 14.4. The Morgan fingerprint density at radius 3 is 2.97 bits per heavy atom. The third-order valence-electron chi connectivity index (χ3n) is 5.62. The number of primary amides is 1. The molecule has 2 saturated heterocycles. The quantitative estimate of drug-likeness (QED) is 0.577. The minimum atomic E-state index is -0.687. The number of pyridine rings is 1. The number of nitrogens with two attached hydrogens (primary N) is 1. The molecule has 0 spiro atoms. The van der Waals surface area contributed by atoms with Crippen LogP contribution < -0.4 is 16.1 Å². The van der Waals surface area contributed by atoms with Crippen LogP contribution >= 0.6 is 11.6 Å². The van der Waals surface area contributed by atoms with Crippen LogP contribution in [0.25, 0.3) is 10.9 Å². The molecule has 2 aromatic heterocycles. The number of nitrogens with one attached hydrogen (secondary N) is 1. The number of epoxide rings is 1. The van der Waals surface area contributed by atoms with Crippen molar-refractivity contribution < 1.29 is 18.7 Å². The van der Waals surface area contributed by atoms with Gasteiger partial charge in [0.25, 0.3) is 5.91 Å². The van der Waals surface area contributed by atoms with E-state index in [2.05, 4.69) is 15.4 Å². The fourth-order valence-electron chi connectivity index (χ4n) is 4.06. The van der Waals surface area contributed by atoms with Gasteiger partial charge in [0.1, 0.15) is 23.5 Å². The molecule has 0 bridgehead atoms. The van der Waals surface area contributed by atoms with E-state index in [0.29, 0.717) is 17.3 Å². The van der Waals surface area contributed by atoms with Gasteiger partial charge in [0, 0.05) is 23.6 Å². The Morgan fingerprint density at radius 2 is 2.19 bits per heavy atom. The molecule has 3 aromatic rings. The van der Waals surface area contributed by atoms with E-state index in [1.54, 1.807) is 36.3 Å². The van der Waals surface area contributed by atoms with E-state index in [1.165, 1.54) is 17.1 Å².